The van der Waals surface area contributed by atoms with E-state index in [1.165, 1.54) is 21.1 Å². The molecule has 1 aliphatic carbocycles. The number of nitrogens with one attached hydrogen (secondary N) is 1. The highest BCUT2D eigenvalue weighted by Gasteiger charge is 2.80. The highest BCUT2D eigenvalue weighted by atomic mass is 16.6. The molecule has 10 atom stereocenters. The van der Waals surface area contributed by atoms with E-state index in [0.717, 1.165) is 58.2 Å². The standard InChI is InChI=1S/C52H66N4O9/c1-9-12-13-14-16-33-17-18-39-36(25-33)35-19-23-55-30-34(28-48(60,10-2)31-55)29-51(42(35)53-39,46(58)63-7)38-26-37-40(27-41(38)62-6)54(5)44-50(37)21-24-56-22-15-20-49(11-3,43(50)56)45(65-32(4)57)52(44,61)47(59)64-8/h15,17-18,20,25-27,34,43-45,53,60-61H,9-13,19,21-24,28-31H2,1-8H3/t34-,43+,44-,45-,48+,49-,50-,51+,52+/m1/s1. The topological polar surface area (TPSA) is 154 Å². The minimum absolute atomic E-state index is 0.126. The molecule has 5 aliphatic heterocycles. The summed E-state index contributed by atoms with van der Waals surface area (Å²) < 4.78 is 24.1. The Bertz CT molecular complexity index is 2510. The molecule has 1 aromatic heterocycles. The van der Waals surface area contributed by atoms with Crippen molar-refractivity contribution in [3.05, 3.63) is 70.4 Å². The van der Waals surface area contributed by atoms with Gasteiger partial charge in [0.05, 0.1) is 33.0 Å². The number of carbonyl (C=O) groups excluding carboxylic acids is 3. The Kier molecular flexibility index (Phi) is 11.5. The minimum Gasteiger partial charge on any atom is -0.496 e. The quantitative estimate of drug-likeness (QED) is 0.0814. The van der Waals surface area contributed by atoms with Crippen molar-refractivity contribution in [2.45, 2.75) is 126 Å². The van der Waals surface area contributed by atoms with E-state index >= 15 is 4.79 Å². The lowest BCUT2D eigenvalue weighted by molar-refractivity contribution is -0.228. The normalized spacial score (nSPS) is 34.4. The number of aromatic amines is 1. The van der Waals surface area contributed by atoms with Gasteiger partial charge >= 0.3 is 17.9 Å². The second-order valence-electron chi connectivity index (χ2n) is 19.8. The average Bonchev–Trinajstić information content (AvgIpc) is 3.96. The van der Waals surface area contributed by atoms with E-state index < -0.39 is 57.5 Å². The zero-order valence-electron chi connectivity index (χ0n) is 39.3. The van der Waals surface area contributed by atoms with Crippen LogP contribution < -0.4 is 9.64 Å². The number of ether oxygens (including phenoxy) is 4. The molecule has 1 spiro atoms. The fraction of sp³-hybridized carbons (Fsp3) is 0.596. The molecule has 1 unspecified atom stereocenters. The highest BCUT2D eigenvalue weighted by Crippen LogP contribution is 2.68. The van der Waals surface area contributed by atoms with Gasteiger partial charge in [-0.05, 0) is 92.8 Å². The zero-order chi connectivity index (χ0) is 46.3. The van der Waals surface area contributed by atoms with E-state index in [-0.39, 0.29) is 12.0 Å². The Labute approximate surface area is 382 Å². The monoisotopic (exact) mass is 890 g/mol. The number of H-pyrrole nitrogens is 1. The molecule has 6 aliphatic rings. The molecule has 2 bridgehead atoms. The van der Waals surface area contributed by atoms with Crippen LogP contribution in [0.3, 0.4) is 0 Å². The number of esters is 3. The molecule has 9 rings (SSSR count). The Morgan fingerprint density at radius 3 is 2.43 bits per heavy atom. The number of hydrogen-bond acceptors (Lipinski definition) is 12. The van der Waals surface area contributed by atoms with E-state index in [9.17, 15) is 19.8 Å². The predicted molar refractivity (Wildman–Crippen MR) is 247 cm³/mol. The van der Waals surface area contributed by atoms with Crippen molar-refractivity contribution < 1.29 is 43.5 Å². The van der Waals surface area contributed by atoms with Crippen molar-refractivity contribution in [3.8, 4) is 17.6 Å². The molecule has 3 fully saturated rings. The first-order valence-electron chi connectivity index (χ1n) is 23.7. The van der Waals surface area contributed by atoms with Crippen LogP contribution in [0.2, 0.25) is 0 Å². The largest absolute Gasteiger partial charge is 0.496 e. The number of hydrogen-bond donors (Lipinski definition) is 3. The predicted octanol–water partition coefficient (Wildman–Crippen LogP) is 5.53. The van der Waals surface area contributed by atoms with Gasteiger partial charge in [-0.2, -0.15) is 0 Å². The SMILES string of the molecule is CCCCC#Cc1ccc2[nH]c3c(c2c1)CCN1C[C@H](C[C@@](O)(CC)C1)C[C@]3(C(=O)OC)c1cc2c(cc1OC)N(C)[C@H]1[C@@](O)(C(=O)OC)[C@H](OC(C)=O)[C@]3(CC)C=CCN4CC[C@]21[C@@H]43. The zero-order valence-corrected chi connectivity index (χ0v) is 39.3. The molecule has 65 heavy (non-hydrogen) atoms. The minimum atomic E-state index is -2.32. The van der Waals surface area contributed by atoms with E-state index in [1.54, 1.807) is 7.11 Å². The first-order valence-corrected chi connectivity index (χ1v) is 23.7. The molecule has 0 radical (unpaired) electrons. The first kappa shape index (κ1) is 45.3. The third-order valence-electron chi connectivity index (χ3n) is 16.6. The summed E-state index contributed by atoms with van der Waals surface area (Å²) in [5, 5.41) is 26.5. The van der Waals surface area contributed by atoms with Gasteiger partial charge in [-0.3, -0.25) is 19.4 Å². The molecule has 13 nitrogen and oxygen atoms in total. The maximum Gasteiger partial charge on any atom is 0.344 e. The van der Waals surface area contributed by atoms with E-state index in [2.05, 4.69) is 63.9 Å². The van der Waals surface area contributed by atoms with Crippen LogP contribution in [0.4, 0.5) is 5.69 Å². The summed E-state index contributed by atoms with van der Waals surface area (Å²) in [5.74, 6) is 5.12. The molecule has 3 N–H and O–H groups in total. The Balaban J connectivity index is 1.35. The summed E-state index contributed by atoms with van der Waals surface area (Å²) >= 11 is 0. The lowest BCUT2D eigenvalue weighted by Gasteiger charge is -2.63. The van der Waals surface area contributed by atoms with Gasteiger partial charge in [0.2, 0.25) is 5.60 Å². The van der Waals surface area contributed by atoms with Crippen molar-refractivity contribution in [2.24, 2.45) is 11.3 Å². The van der Waals surface area contributed by atoms with Crippen LogP contribution in [0.5, 0.6) is 5.75 Å². The van der Waals surface area contributed by atoms with Crippen molar-refractivity contribution >= 4 is 34.5 Å². The second kappa shape index (κ2) is 16.5. The van der Waals surface area contributed by atoms with Gasteiger partial charge in [-0.1, -0.05) is 51.2 Å². The number of unbranched alkanes of at least 4 members (excludes halogenated alkanes) is 2. The van der Waals surface area contributed by atoms with Crippen LogP contribution in [-0.4, -0.2) is 133 Å². The van der Waals surface area contributed by atoms with E-state index in [4.69, 9.17) is 18.9 Å². The number of benzene rings is 2. The van der Waals surface area contributed by atoms with Crippen molar-refractivity contribution in [3.63, 3.8) is 0 Å². The fourth-order valence-electron chi connectivity index (χ4n) is 14.1. The third kappa shape index (κ3) is 6.44. The molecule has 1 saturated carbocycles. The summed E-state index contributed by atoms with van der Waals surface area (Å²) in [6.45, 7) is 10.7. The molecular formula is C52H66N4O9. The molecule has 2 aromatic carbocycles. The average molecular weight is 891 g/mol. The Morgan fingerprint density at radius 1 is 0.954 bits per heavy atom. The maximum atomic E-state index is 15.6. The van der Waals surface area contributed by atoms with Gasteiger partial charge in [0.15, 0.2) is 6.10 Å². The lowest BCUT2D eigenvalue weighted by Crippen LogP contribution is -2.81. The summed E-state index contributed by atoms with van der Waals surface area (Å²) in [7, 11) is 6.17. The van der Waals surface area contributed by atoms with Crippen molar-refractivity contribution in [2.75, 3.05) is 66.0 Å². The number of fused-ring (bicyclic) bond motifs is 6. The van der Waals surface area contributed by atoms with Gasteiger partial charge in [0.1, 0.15) is 11.2 Å². The smallest absolute Gasteiger partial charge is 0.344 e. The summed E-state index contributed by atoms with van der Waals surface area (Å²) in [6.07, 6.45) is 8.73. The number of carbonyl (C=O) groups is 3. The van der Waals surface area contributed by atoms with Crippen LogP contribution in [-0.2, 0) is 45.8 Å². The molecule has 6 heterocycles. The molecule has 13 heteroatoms. The Morgan fingerprint density at radius 2 is 1.74 bits per heavy atom. The van der Waals surface area contributed by atoms with Gasteiger partial charge in [-0.15, -0.1) is 0 Å². The van der Waals surface area contributed by atoms with Gasteiger partial charge in [-0.25, -0.2) is 4.79 Å². The molecule has 0 amide bonds. The van der Waals surface area contributed by atoms with Crippen LogP contribution in [0.1, 0.15) is 107 Å². The number of rotatable bonds is 9. The number of aliphatic hydroxyl groups is 2. The summed E-state index contributed by atoms with van der Waals surface area (Å²) in [4.78, 5) is 53.7. The molecule has 2 saturated heterocycles. The first-order chi connectivity index (χ1) is 31.2. The van der Waals surface area contributed by atoms with E-state index in [1.807, 2.05) is 37.9 Å². The van der Waals surface area contributed by atoms with Gasteiger partial charge < -0.3 is 39.0 Å². The third-order valence-corrected chi connectivity index (χ3v) is 16.6. The second-order valence-corrected chi connectivity index (χ2v) is 19.8. The van der Waals surface area contributed by atoms with Gasteiger partial charge in [0, 0.05) is 103 Å². The number of piperidine rings is 1. The van der Waals surface area contributed by atoms with Crippen LogP contribution >= 0.6 is 0 Å². The highest BCUT2D eigenvalue weighted by molar-refractivity contribution is 5.95. The fourth-order valence-corrected chi connectivity index (χ4v) is 14.1. The molecular weight excluding hydrogens is 825 g/mol. The van der Waals surface area contributed by atoms with Crippen molar-refractivity contribution in [1.82, 2.24) is 14.8 Å². The van der Waals surface area contributed by atoms with Crippen LogP contribution in [0, 0.1) is 23.2 Å². The number of methoxy groups -OCH3 is 3. The van der Waals surface area contributed by atoms with Gasteiger partial charge in [0.25, 0.3) is 0 Å². The Hall–Kier alpha value is -4.87. The van der Waals surface area contributed by atoms with E-state index in [0.29, 0.717) is 82.6 Å². The summed E-state index contributed by atoms with van der Waals surface area (Å²) in [6, 6.07) is 9.01. The number of likely N-dealkylation sites (N-methyl/N-ethyl adjacent to an activating group) is 1. The molecule has 3 aromatic rings. The number of nitrogens with zero attached hydrogens (tertiary/aromatic N) is 3. The van der Waals surface area contributed by atoms with Crippen LogP contribution in [0.15, 0.2) is 42.5 Å². The van der Waals surface area contributed by atoms with Crippen LogP contribution in [0.25, 0.3) is 10.9 Å². The number of aromatic nitrogens is 1. The summed E-state index contributed by atoms with van der Waals surface area (Å²) in [5.41, 5.74) is -0.974. The van der Waals surface area contributed by atoms with Crippen molar-refractivity contribution in [1.29, 1.82) is 0 Å². The maximum absolute atomic E-state index is 15.6. The lowest BCUT2D eigenvalue weighted by atomic mass is 9.47. The molecule has 348 valence electrons. The number of anilines is 1.